The van der Waals surface area contributed by atoms with Crippen LogP contribution in [-0.2, 0) is 0 Å². The molecule has 3 heterocycles. The Morgan fingerprint density at radius 2 is 1.74 bits per heavy atom. The van der Waals surface area contributed by atoms with Crippen molar-refractivity contribution in [3.05, 3.63) is 78.8 Å². The number of hydrogen-bond acceptors (Lipinski definition) is 3. The first-order chi connectivity index (χ1) is 13.1. The topological polar surface area (TPSA) is 24.3 Å². The Labute approximate surface area is 159 Å². The van der Waals surface area contributed by atoms with Crippen molar-refractivity contribution in [3.8, 4) is 5.69 Å². The molecule has 1 aliphatic rings. The Kier molecular flexibility index (Phi) is 3.47. The third-order valence-electron chi connectivity index (χ3n) is 5.59. The molecule has 2 aromatic heterocycles. The number of pyridine rings is 1. The second-order valence-corrected chi connectivity index (χ2v) is 7.20. The summed E-state index contributed by atoms with van der Waals surface area (Å²) >= 11 is 0. The first kappa shape index (κ1) is 15.9. The summed E-state index contributed by atoms with van der Waals surface area (Å²) < 4.78 is 2.27. The Balaban J connectivity index is 1.84. The maximum Gasteiger partial charge on any atom is 0.145 e. The van der Waals surface area contributed by atoms with Crippen LogP contribution in [0, 0.1) is 6.92 Å². The summed E-state index contributed by atoms with van der Waals surface area (Å²) in [4.78, 5) is 9.25. The van der Waals surface area contributed by atoms with Crippen LogP contribution in [0.3, 0.4) is 0 Å². The number of aromatic nitrogens is 2. The molecule has 4 aromatic rings. The lowest BCUT2D eigenvalue weighted by Gasteiger charge is -2.28. The smallest absolute Gasteiger partial charge is 0.145 e. The number of fused-ring (bicyclic) bond motifs is 3. The molecule has 0 saturated heterocycles. The average molecular weight is 354 g/mol. The van der Waals surface area contributed by atoms with E-state index in [2.05, 4.69) is 90.1 Å². The predicted octanol–water partition coefficient (Wildman–Crippen LogP) is 5.06. The van der Waals surface area contributed by atoms with Crippen LogP contribution < -0.4 is 4.90 Å². The number of para-hydroxylation sites is 1. The molecule has 0 aliphatic carbocycles. The molecule has 1 atom stereocenters. The lowest BCUT2D eigenvalue weighted by Crippen LogP contribution is -2.33. The monoisotopic (exact) mass is 354 g/mol. The molecule has 4 heteroatoms. The normalized spacial score (nSPS) is 16.8. The fourth-order valence-electron chi connectivity index (χ4n) is 4.01. The van der Waals surface area contributed by atoms with Gasteiger partial charge in [0.15, 0.2) is 0 Å². The Morgan fingerprint density at radius 3 is 2.48 bits per heavy atom. The van der Waals surface area contributed by atoms with E-state index < -0.39 is 0 Å². The van der Waals surface area contributed by atoms with Crippen LogP contribution >= 0.6 is 0 Å². The van der Waals surface area contributed by atoms with Gasteiger partial charge in [-0.25, -0.2) is 4.98 Å². The summed E-state index contributed by atoms with van der Waals surface area (Å²) in [5.41, 5.74) is 5.82. The second-order valence-electron chi connectivity index (χ2n) is 7.20. The third-order valence-corrected chi connectivity index (χ3v) is 5.59. The minimum absolute atomic E-state index is 0.300. The summed E-state index contributed by atoms with van der Waals surface area (Å²) in [5, 5.41) is 2.43. The maximum absolute atomic E-state index is 4.71. The minimum Gasteiger partial charge on any atom is -0.359 e. The fourth-order valence-corrected chi connectivity index (χ4v) is 4.01. The molecular weight excluding hydrogens is 332 g/mol. The number of anilines is 1. The molecule has 0 spiro atoms. The van der Waals surface area contributed by atoms with Crippen LogP contribution in [0.2, 0.25) is 0 Å². The zero-order valence-electron chi connectivity index (χ0n) is 15.8. The quantitative estimate of drug-likeness (QED) is 0.503. The largest absolute Gasteiger partial charge is 0.359 e. The van der Waals surface area contributed by atoms with Crippen molar-refractivity contribution in [1.82, 2.24) is 14.5 Å². The SMILES string of the molecule is Cc1cc2c3cccnc3n(-c3ccccc3)c2cc1N1C=CN(C)[C@@H]1C. The van der Waals surface area contributed by atoms with E-state index in [0.717, 1.165) is 11.3 Å². The molecule has 5 rings (SSSR count). The summed E-state index contributed by atoms with van der Waals surface area (Å²) in [6.07, 6.45) is 6.46. The van der Waals surface area contributed by atoms with Crippen molar-refractivity contribution in [2.24, 2.45) is 0 Å². The average Bonchev–Trinajstić information content (AvgIpc) is 3.19. The molecule has 0 saturated carbocycles. The summed E-state index contributed by atoms with van der Waals surface area (Å²) in [5.74, 6) is 0. The van der Waals surface area contributed by atoms with Gasteiger partial charge in [0.2, 0.25) is 0 Å². The lowest BCUT2D eigenvalue weighted by atomic mass is 10.1. The van der Waals surface area contributed by atoms with E-state index in [1.165, 1.54) is 27.5 Å². The number of nitrogens with zero attached hydrogens (tertiary/aromatic N) is 4. The molecule has 0 N–H and O–H groups in total. The molecule has 0 unspecified atom stereocenters. The van der Waals surface area contributed by atoms with Crippen molar-refractivity contribution in [2.75, 3.05) is 11.9 Å². The molecule has 0 radical (unpaired) electrons. The van der Waals surface area contributed by atoms with Crippen molar-refractivity contribution in [2.45, 2.75) is 20.0 Å². The van der Waals surface area contributed by atoms with Crippen LogP contribution in [0.5, 0.6) is 0 Å². The van der Waals surface area contributed by atoms with Gasteiger partial charge < -0.3 is 9.80 Å². The van der Waals surface area contributed by atoms with E-state index in [1.54, 1.807) is 0 Å². The van der Waals surface area contributed by atoms with Gasteiger partial charge in [0.1, 0.15) is 11.8 Å². The van der Waals surface area contributed by atoms with Gasteiger partial charge in [-0.1, -0.05) is 18.2 Å². The van der Waals surface area contributed by atoms with Gasteiger partial charge in [-0.2, -0.15) is 0 Å². The van der Waals surface area contributed by atoms with Crippen molar-refractivity contribution < 1.29 is 0 Å². The standard InChI is InChI=1S/C23H22N4/c1-16-14-20-19-10-7-11-24-23(19)27(18-8-5-4-6-9-18)22(20)15-21(16)26-13-12-25(3)17(26)2/h4-15,17H,1-3H3/t17-/m0/s1. The minimum atomic E-state index is 0.300. The van der Waals surface area contributed by atoms with Crippen LogP contribution in [-0.4, -0.2) is 27.7 Å². The number of rotatable bonds is 2. The van der Waals surface area contributed by atoms with Crippen LogP contribution in [0.4, 0.5) is 5.69 Å². The highest BCUT2D eigenvalue weighted by atomic mass is 15.4. The van der Waals surface area contributed by atoms with E-state index >= 15 is 0 Å². The van der Waals surface area contributed by atoms with Crippen molar-refractivity contribution in [1.29, 1.82) is 0 Å². The molecule has 0 bridgehead atoms. The second kappa shape index (κ2) is 5.88. The molecule has 4 nitrogen and oxygen atoms in total. The van der Waals surface area contributed by atoms with Gasteiger partial charge in [-0.15, -0.1) is 0 Å². The van der Waals surface area contributed by atoms with Gasteiger partial charge in [-0.3, -0.25) is 4.57 Å². The summed E-state index contributed by atoms with van der Waals surface area (Å²) in [6, 6.07) is 19.3. The van der Waals surface area contributed by atoms with Crippen molar-refractivity contribution >= 4 is 27.6 Å². The van der Waals surface area contributed by atoms with E-state index in [-0.39, 0.29) is 0 Å². The van der Waals surface area contributed by atoms with Gasteiger partial charge in [-0.05, 0) is 55.8 Å². The highest BCUT2D eigenvalue weighted by Gasteiger charge is 2.23. The predicted molar refractivity (Wildman–Crippen MR) is 112 cm³/mol. The molecule has 27 heavy (non-hydrogen) atoms. The molecule has 0 amide bonds. The Bertz CT molecular complexity index is 1170. The summed E-state index contributed by atoms with van der Waals surface area (Å²) in [6.45, 7) is 4.41. The third kappa shape index (κ3) is 2.33. The highest BCUT2D eigenvalue weighted by molar-refractivity contribution is 6.09. The van der Waals surface area contributed by atoms with Gasteiger partial charge in [0.05, 0.1) is 5.52 Å². The molecule has 134 valence electrons. The first-order valence-electron chi connectivity index (χ1n) is 9.29. The van der Waals surface area contributed by atoms with E-state index in [4.69, 9.17) is 4.98 Å². The Hall–Kier alpha value is -3.27. The van der Waals surface area contributed by atoms with Gasteiger partial charge >= 0.3 is 0 Å². The highest BCUT2D eigenvalue weighted by Crippen LogP contribution is 2.36. The molecule has 0 fully saturated rings. The van der Waals surface area contributed by atoms with Gasteiger partial charge in [0.25, 0.3) is 0 Å². The number of hydrogen-bond donors (Lipinski definition) is 0. The van der Waals surface area contributed by atoms with E-state index in [1.807, 2.05) is 18.3 Å². The lowest BCUT2D eigenvalue weighted by molar-refractivity contribution is 0.383. The molecular formula is C23H22N4. The van der Waals surface area contributed by atoms with Crippen LogP contribution in [0.15, 0.2) is 73.2 Å². The summed E-state index contributed by atoms with van der Waals surface area (Å²) in [7, 11) is 2.11. The van der Waals surface area contributed by atoms with E-state index in [0.29, 0.717) is 6.17 Å². The first-order valence-corrected chi connectivity index (χ1v) is 9.29. The number of aryl methyl sites for hydroxylation is 1. The zero-order chi connectivity index (χ0) is 18.5. The van der Waals surface area contributed by atoms with Crippen LogP contribution in [0.25, 0.3) is 27.6 Å². The van der Waals surface area contributed by atoms with Crippen LogP contribution in [0.1, 0.15) is 12.5 Å². The number of benzene rings is 2. The van der Waals surface area contributed by atoms with E-state index in [9.17, 15) is 0 Å². The fraction of sp³-hybridized carbons (Fsp3) is 0.174. The Morgan fingerprint density at radius 1 is 0.926 bits per heavy atom. The van der Waals surface area contributed by atoms with Gasteiger partial charge in [0, 0.05) is 47.8 Å². The molecule has 2 aromatic carbocycles. The molecule has 1 aliphatic heterocycles. The zero-order valence-corrected chi connectivity index (χ0v) is 15.8. The maximum atomic E-state index is 4.71. The van der Waals surface area contributed by atoms with Crippen molar-refractivity contribution in [3.63, 3.8) is 0 Å².